The molecule has 0 aromatic heterocycles. The van der Waals surface area contributed by atoms with Gasteiger partial charge in [-0.05, 0) is 17.7 Å². The summed E-state index contributed by atoms with van der Waals surface area (Å²) in [6.07, 6.45) is 0. The molecule has 0 saturated carbocycles. The van der Waals surface area contributed by atoms with Crippen molar-refractivity contribution >= 4 is 0 Å². The topological polar surface area (TPSA) is 20.2 Å². The lowest BCUT2D eigenvalue weighted by atomic mass is 10.2. The molecule has 9 heavy (non-hydrogen) atoms. The predicted octanol–water partition coefficient (Wildman–Crippen LogP) is 1.32. The summed E-state index contributed by atoms with van der Waals surface area (Å²) in [5, 5.41) is 8.66. The highest BCUT2D eigenvalue weighted by molar-refractivity contribution is 5.14. The molecule has 1 atom stereocenters. The molecule has 2 heteroatoms. The minimum Gasteiger partial charge on any atom is -0.392 e. The lowest BCUT2D eigenvalue weighted by molar-refractivity contribution is 0.281. The van der Waals surface area contributed by atoms with Crippen LogP contribution in [0.4, 0.5) is 4.39 Å². The molecular weight excluding hydrogens is 119 g/mol. The van der Waals surface area contributed by atoms with Crippen LogP contribution in [0.1, 0.15) is 6.93 Å². The first kappa shape index (κ1) is 4.94. The second kappa shape index (κ2) is 2.60. The molecule has 0 aliphatic rings. The molecule has 0 bridgehead atoms. The Morgan fingerprint density at radius 2 is 2.00 bits per heavy atom. The minimum atomic E-state index is -1.26. The van der Waals surface area contributed by atoms with Crippen molar-refractivity contribution in [1.29, 1.82) is 0 Å². The smallest absolute Gasteiger partial charge is 0.123 e. The molecule has 0 radical (unpaired) electrons. The van der Waals surface area contributed by atoms with E-state index >= 15 is 0 Å². The molecule has 1 nitrogen and oxygen atoms in total. The summed E-state index contributed by atoms with van der Waals surface area (Å²) in [5.41, 5.74) is 0.404. The third-order valence-corrected chi connectivity index (χ3v) is 1.02. The van der Waals surface area contributed by atoms with E-state index in [1.807, 2.05) is 0 Å². The number of hydrogen-bond acceptors (Lipinski definition) is 1. The van der Waals surface area contributed by atoms with Crippen LogP contribution in [0.2, 0.25) is 0 Å². The lowest BCUT2D eigenvalue weighted by Crippen LogP contribution is -1.81. The van der Waals surface area contributed by atoms with Crippen LogP contribution < -0.4 is 0 Å². The van der Waals surface area contributed by atoms with Crippen LogP contribution in [0.15, 0.2) is 24.3 Å². The monoisotopic (exact) mass is 127 g/mol. The van der Waals surface area contributed by atoms with Gasteiger partial charge in [0.2, 0.25) is 0 Å². The zero-order chi connectivity index (χ0) is 7.56. The second-order valence-corrected chi connectivity index (χ2v) is 1.68. The fourth-order valence-corrected chi connectivity index (χ4v) is 0.549. The lowest BCUT2D eigenvalue weighted by Gasteiger charge is -1.91. The summed E-state index contributed by atoms with van der Waals surface area (Å²) >= 11 is 0. The zero-order valence-electron chi connectivity index (χ0n) is 5.71. The maximum atomic E-state index is 12.2. The molecule has 1 unspecified atom stereocenters. The summed E-state index contributed by atoms with van der Waals surface area (Å²) in [6, 6.07) is 5.19. The summed E-state index contributed by atoms with van der Waals surface area (Å²) in [7, 11) is 0. The summed E-state index contributed by atoms with van der Waals surface area (Å²) in [5.74, 6) is -0.357. The molecule has 0 fully saturated rings. The van der Waals surface area contributed by atoms with Crippen molar-refractivity contribution in [1.82, 2.24) is 0 Å². The van der Waals surface area contributed by atoms with E-state index in [9.17, 15) is 4.39 Å². The molecule has 1 aromatic rings. The fraction of sp³-hybridized carbons (Fsp3) is 0.143. The summed E-state index contributed by atoms with van der Waals surface area (Å²) in [6.45, 7) is -1.26. The molecule has 0 heterocycles. The van der Waals surface area contributed by atoms with Crippen molar-refractivity contribution < 1.29 is 10.9 Å². The van der Waals surface area contributed by atoms with Crippen molar-refractivity contribution in [3.05, 3.63) is 35.6 Å². The average Bonchev–Trinajstić information content (AvgIpc) is 1.88. The largest absolute Gasteiger partial charge is 0.392 e. The van der Waals surface area contributed by atoms with Crippen molar-refractivity contribution in [3.63, 3.8) is 0 Å². The highest BCUT2D eigenvalue weighted by Gasteiger charge is 1.88. The fourth-order valence-electron chi connectivity index (χ4n) is 0.549. The Bertz CT molecular complexity index is 207. The number of rotatable bonds is 1. The predicted molar refractivity (Wildman–Crippen MR) is 32.3 cm³/mol. The van der Waals surface area contributed by atoms with Gasteiger partial charge in [-0.3, -0.25) is 0 Å². The van der Waals surface area contributed by atoms with Gasteiger partial charge in [-0.2, -0.15) is 0 Å². The minimum absolute atomic E-state index is 0.357. The van der Waals surface area contributed by atoms with E-state index in [0.717, 1.165) is 0 Å². The Morgan fingerprint density at radius 1 is 1.44 bits per heavy atom. The molecule has 1 rings (SSSR count). The number of halogens is 1. The van der Waals surface area contributed by atoms with Gasteiger partial charge in [-0.15, -0.1) is 0 Å². The molecule has 1 N–H and O–H groups in total. The van der Waals surface area contributed by atoms with Gasteiger partial charge in [0, 0.05) is 0 Å². The van der Waals surface area contributed by atoms with Gasteiger partial charge in [0.05, 0.1) is 7.95 Å². The quantitative estimate of drug-likeness (QED) is 0.603. The van der Waals surface area contributed by atoms with E-state index in [4.69, 9.17) is 6.48 Å². The Balaban J connectivity index is 2.89. The molecular formula is C7H7FO. The molecule has 48 valence electrons. The molecule has 0 amide bonds. The summed E-state index contributed by atoms with van der Waals surface area (Å²) < 4.78 is 19.0. The average molecular weight is 127 g/mol. The van der Waals surface area contributed by atoms with Crippen molar-refractivity contribution in [3.8, 4) is 0 Å². The van der Waals surface area contributed by atoms with E-state index in [0.29, 0.717) is 5.56 Å². The first-order chi connectivity index (χ1) is 4.70. The molecule has 0 spiro atoms. The van der Waals surface area contributed by atoms with Crippen LogP contribution in [-0.4, -0.2) is 5.11 Å². The van der Waals surface area contributed by atoms with Gasteiger partial charge in [-0.25, -0.2) is 4.39 Å². The highest BCUT2D eigenvalue weighted by atomic mass is 19.1. The number of hydrogen-bond donors (Lipinski definition) is 1. The highest BCUT2D eigenvalue weighted by Crippen LogP contribution is 2.00. The Kier molecular flexibility index (Phi) is 1.43. The third kappa shape index (κ3) is 1.50. The van der Waals surface area contributed by atoms with Gasteiger partial charge in [0.15, 0.2) is 0 Å². The molecule has 1 aromatic carbocycles. The Labute approximate surface area is 54.2 Å². The van der Waals surface area contributed by atoms with Crippen LogP contribution >= 0.6 is 0 Å². The van der Waals surface area contributed by atoms with Gasteiger partial charge in [-0.1, -0.05) is 12.1 Å². The van der Waals surface area contributed by atoms with Gasteiger partial charge < -0.3 is 5.11 Å². The molecule has 0 saturated heterocycles. The van der Waals surface area contributed by atoms with Gasteiger partial charge in [0.25, 0.3) is 0 Å². The van der Waals surface area contributed by atoms with Crippen molar-refractivity contribution in [2.45, 2.75) is 6.58 Å². The van der Waals surface area contributed by atoms with Crippen molar-refractivity contribution in [2.75, 3.05) is 0 Å². The van der Waals surface area contributed by atoms with E-state index in [1.54, 1.807) is 0 Å². The maximum absolute atomic E-state index is 12.2. The number of benzene rings is 1. The standard InChI is InChI=1S/C7H7FO/c8-7-3-1-6(5-9)2-4-7/h1-4,9H,5H2/i5D. The third-order valence-electron chi connectivity index (χ3n) is 1.02. The van der Waals surface area contributed by atoms with Crippen molar-refractivity contribution in [2.24, 2.45) is 0 Å². The normalized spacial score (nSPS) is 14.7. The van der Waals surface area contributed by atoms with Gasteiger partial charge >= 0.3 is 0 Å². The second-order valence-electron chi connectivity index (χ2n) is 1.68. The first-order valence-corrected chi connectivity index (χ1v) is 2.56. The number of aliphatic hydroxyl groups is 1. The van der Waals surface area contributed by atoms with E-state index in [-0.39, 0.29) is 5.82 Å². The summed E-state index contributed by atoms with van der Waals surface area (Å²) in [4.78, 5) is 0. The first-order valence-electron chi connectivity index (χ1n) is 3.13. The molecule has 0 aliphatic heterocycles. The van der Waals surface area contributed by atoms with E-state index in [1.165, 1.54) is 24.3 Å². The van der Waals surface area contributed by atoms with Gasteiger partial charge in [0.1, 0.15) is 5.82 Å². The Hall–Kier alpha value is -0.890. The van der Waals surface area contributed by atoms with Crippen LogP contribution in [0.25, 0.3) is 0 Å². The van der Waals surface area contributed by atoms with Crippen LogP contribution in [-0.2, 0) is 6.58 Å². The SMILES string of the molecule is [2H]C(O)c1ccc(F)cc1. The maximum Gasteiger partial charge on any atom is 0.123 e. The van der Waals surface area contributed by atoms with Crippen LogP contribution in [0.5, 0.6) is 0 Å². The molecule has 0 aliphatic carbocycles. The number of aliphatic hydroxyl groups excluding tert-OH is 1. The van der Waals surface area contributed by atoms with E-state index < -0.39 is 6.58 Å². The zero-order valence-corrected chi connectivity index (χ0v) is 4.71. The van der Waals surface area contributed by atoms with Crippen LogP contribution in [0, 0.1) is 5.82 Å². The Morgan fingerprint density at radius 3 is 2.44 bits per heavy atom. The van der Waals surface area contributed by atoms with E-state index in [2.05, 4.69) is 0 Å². The van der Waals surface area contributed by atoms with Crippen LogP contribution in [0.3, 0.4) is 0 Å².